The molecule has 6 nitrogen and oxygen atoms in total. The number of para-hydroxylation sites is 2. The Hall–Kier alpha value is -4.32. The number of methoxy groups -OCH3 is 3. The van der Waals surface area contributed by atoms with Crippen LogP contribution in [-0.2, 0) is 13.1 Å². The molecule has 0 heterocycles. The fraction of sp³-hybridized carbons (Fsp3) is 0.172. The summed E-state index contributed by atoms with van der Waals surface area (Å²) in [5, 5.41) is 6.85. The van der Waals surface area contributed by atoms with Gasteiger partial charge in [-0.15, -0.1) is 0 Å². The third kappa shape index (κ3) is 6.18. The van der Waals surface area contributed by atoms with Gasteiger partial charge >= 0.3 is 0 Å². The van der Waals surface area contributed by atoms with Crippen molar-refractivity contribution in [2.24, 2.45) is 0 Å². The zero-order valence-corrected chi connectivity index (χ0v) is 20.2. The van der Waals surface area contributed by atoms with Crippen molar-refractivity contribution in [3.05, 3.63) is 102 Å². The molecule has 180 valence electrons. The van der Waals surface area contributed by atoms with Gasteiger partial charge in [0.15, 0.2) is 23.0 Å². The minimum atomic E-state index is 0.543. The molecule has 0 radical (unpaired) electrons. The van der Waals surface area contributed by atoms with Gasteiger partial charge in [0.2, 0.25) is 0 Å². The number of benzene rings is 4. The summed E-state index contributed by atoms with van der Waals surface area (Å²) in [6, 6.07) is 29.8. The highest BCUT2D eigenvalue weighted by Gasteiger charge is 2.15. The molecule has 0 aliphatic rings. The normalized spacial score (nSPS) is 10.4. The van der Waals surface area contributed by atoms with Crippen LogP contribution in [0.25, 0.3) is 0 Å². The summed E-state index contributed by atoms with van der Waals surface area (Å²) >= 11 is 0. The minimum absolute atomic E-state index is 0.543. The van der Waals surface area contributed by atoms with E-state index in [-0.39, 0.29) is 0 Å². The highest BCUT2D eigenvalue weighted by Crippen LogP contribution is 2.40. The molecule has 0 atom stereocenters. The van der Waals surface area contributed by atoms with E-state index in [1.54, 1.807) is 21.3 Å². The van der Waals surface area contributed by atoms with Crippen molar-refractivity contribution < 1.29 is 18.9 Å². The topological polar surface area (TPSA) is 61.0 Å². The molecule has 0 aromatic heterocycles. The van der Waals surface area contributed by atoms with E-state index >= 15 is 0 Å². The van der Waals surface area contributed by atoms with Gasteiger partial charge in [-0.05, 0) is 48.0 Å². The maximum atomic E-state index is 6.36. The Labute approximate surface area is 206 Å². The first-order valence-electron chi connectivity index (χ1n) is 11.4. The van der Waals surface area contributed by atoms with E-state index in [9.17, 15) is 0 Å². The summed E-state index contributed by atoms with van der Waals surface area (Å²) < 4.78 is 23.1. The summed E-state index contributed by atoms with van der Waals surface area (Å²) in [6.45, 7) is 1.21. The zero-order valence-electron chi connectivity index (χ0n) is 20.2. The molecule has 35 heavy (non-hydrogen) atoms. The molecule has 4 aromatic carbocycles. The SMILES string of the molecule is COc1cc(CNc2ccccc2)c(Oc2ccc(CNc3ccccc3)cc2OC)cc1OC. The molecule has 2 N–H and O–H groups in total. The fourth-order valence-electron chi connectivity index (χ4n) is 3.67. The Bertz CT molecular complexity index is 1230. The molecule has 4 rings (SSSR count). The van der Waals surface area contributed by atoms with Crippen molar-refractivity contribution >= 4 is 11.4 Å². The van der Waals surface area contributed by atoms with Crippen LogP contribution >= 0.6 is 0 Å². The van der Waals surface area contributed by atoms with Crippen LogP contribution in [0.5, 0.6) is 28.7 Å². The van der Waals surface area contributed by atoms with Crippen LogP contribution in [0, 0.1) is 0 Å². The average Bonchev–Trinajstić information content (AvgIpc) is 2.92. The molecule has 0 bridgehead atoms. The minimum Gasteiger partial charge on any atom is -0.493 e. The lowest BCUT2D eigenvalue weighted by molar-refractivity contribution is 0.348. The summed E-state index contributed by atoms with van der Waals surface area (Å²) in [6.07, 6.45) is 0. The van der Waals surface area contributed by atoms with E-state index < -0.39 is 0 Å². The van der Waals surface area contributed by atoms with Crippen molar-refractivity contribution in [1.82, 2.24) is 0 Å². The molecule has 0 fully saturated rings. The third-order valence-corrected chi connectivity index (χ3v) is 5.54. The van der Waals surface area contributed by atoms with Crippen molar-refractivity contribution in [2.45, 2.75) is 13.1 Å². The van der Waals surface area contributed by atoms with Crippen LogP contribution in [0.15, 0.2) is 91.0 Å². The quantitative estimate of drug-likeness (QED) is 0.253. The zero-order chi connectivity index (χ0) is 24.5. The van der Waals surface area contributed by atoms with Crippen molar-refractivity contribution in [2.75, 3.05) is 32.0 Å². The van der Waals surface area contributed by atoms with Crippen LogP contribution in [0.4, 0.5) is 11.4 Å². The van der Waals surface area contributed by atoms with Crippen molar-refractivity contribution in [1.29, 1.82) is 0 Å². The van der Waals surface area contributed by atoms with Gasteiger partial charge in [0.25, 0.3) is 0 Å². The first kappa shape index (κ1) is 23.8. The van der Waals surface area contributed by atoms with E-state index in [2.05, 4.69) is 10.6 Å². The van der Waals surface area contributed by atoms with Crippen LogP contribution in [-0.4, -0.2) is 21.3 Å². The summed E-state index contributed by atoms with van der Waals surface area (Å²) in [5.41, 5.74) is 4.08. The van der Waals surface area contributed by atoms with Gasteiger partial charge in [-0.1, -0.05) is 42.5 Å². The van der Waals surface area contributed by atoms with Gasteiger partial charge in [-0.25, -0.2) is 0 Å². The molecule has 6 heteroatoms. The van der Waals surface area contributed by atoms with Gasteiger partial charge in [-0.2, -0.15) is 0 Å². The number of anilines is 2. The Balaban J connectivity index is 1.57. The number of hydrogen-bond donors (Lipinski definition) is 2. The molecule has 4 aromatic rings. The van der Waals surface area contributed by atoms with Crippen molar-refractivity contribution in [3.8, 4) is 28.7 Å². The smallest absolute Gasteiger partial charge is 0.169 e. The molecule has 0 saturated carbocycles. The van der Waals surface area contributed by atoms with E-state index in [0.29, 0.717) is 41.8 Å². The van der Waals surface area contributed by atoms with Gasteiger partial charge in [0.1, 0.15) is 5.75 Å². The molecule has 0 aliphatic carbocycles. The number of ether oxygens (including phenoxy) is 4. The lowest BCUT2D eigenvalue weighted by Gasteiger charge is -2.18. The van der Waals surface area contributed by atoms with E-state index in [1.807, 2.05) is 91.0 Å². The van der Waals surface area contributed by atoms with Crippen LogP contribution in [0.1, 0.15) is 11.1 Å². The van der Waals surface area contributed by atoms with Crippen LogP contribution in [0.2, 0.25) is 0 Å². The molecule has 0 aliphatic heterocycles. The average molecular weight is 471 g/mol. The maximum absolute atomic E-state index is 6.36. The van der Waals surface area contributed by atoms with E-state index in [0.717, 1.165) is 22.5 Å². The Kier molecular flexibility index (Phi) is 7.96. The molecule has 0 saturated heterocycles. The highest BCUT2D eigenvalue weighted by atomic mass is 16.5. The second kappa shape index (κ2) is 11.7. The summed E-state index contributed by atoms with van der Waals surface area (Å²) in [7, 11) is 4.87. The molecule has 0 unspecified atom stereocenters. The standard InChI is InChI=1S/C29H30N2O4/c1-32-27-16-21(19-30-23-10-6-4-7-11-23)14-15-25(27)35-26-18-29(34-3)28(33-2)17-22(26)20-31-24-12-8-5-9-13-24/h4-18,30-31H,19-20H2,1-3H3. The number of hydrogen-bond acceptors (Lipinski definition) is 6. The summed E-state index contributed by atoms with van der Waals surface area (Å²) in [4.78, 5) is 0. The molecule has 0 spiro atoms. The predicted molar refractivity (Wildman–Crippen MR) is 140 cm³/mol. The monoisotopic (exact) mass is 470 g/mol. The highest BCUT2D eigenvalue weighted by molar-refractivity contribution is 5.55. The Morgan fingerprint density at radius 2 is 1.06 bits per heavy atom. The van der Waals surface area contributed by atoms with Gasteiger partial charge in [-0.3, -0.25) is 0 Å². The number of rotatable bonds is 11. The first-order chi connectivity index (χ1) is 17.2. The van der Waals surface area contributed by atoms with Gasteiger partial charge in [0, 0.05) is 36.1 Å². The predicted octanol–water partition coefficient (Wildman–Crippen LogP) is 6.73. The van der Waals surface area contributed by atoms with E-state index in [4.69, 9.17) is 18.9 Å². The number of nitrogens with one attached hydrogen (secondary N) is 2. The largest absolute Gasteiger partial charge is 0.493 e. The van der Waals surface area contributed by atoms with Gasteiger partial charge in [0.05, 0.1) is 21.3 Å². The second-order valence-electron chi connectivity index (χ2n) is 7.84. The van der Waals surface area contributed by atoms with Gasteiger partial charge < -0.3 is 29.6 Å². The third-order valence-electron chi connectivity index (χ3n) is 5.54. The van der Waals surface area contributed by atoms with Crippen molar-refractivity contribution in [3.63, 3.8) is 0 Å². The lowest BCUT2D eigenvalue weighted by atomic mass is 10.1. The Morgan fingerprint density at radius 1 is 0.514 bits per heavy atom. The molecule has 0 amide bonds. The Morgan fingerprint density at radius 3 is 1.66 bits per heavy atom. The van der Waals surface area contributed by atoms with E-state index in [1.165, 1.54) is 0 Å². The molecular weight excluding hydrogens is 440 g/mol. The fourth-order valence-corrected chi connectivity index (χ4v) is 3.67. The first-order valence-corrected chi connectivity index (χ1v) is 11.4. The summed E-state index contributed by atoms with van der Waals surface area (Å²) in [5.74, 6) is 3.14. The molecular formula is C29H30N2O4. The maximum Gasteiger partial charge on any atom is 0.169 e. The lowest BCUT2D eigenvalue weighted by Crippen LogP contribution is -2.04. The second-order valence-corrected chi connectivity index (χ2v) is 7.84. The van der Waals surface area contributed by atoms with Crippen LogP contribution < -0.4 is 29.6 Å². The van der Waals surface area contributed by atoms with Crippen LogP contribution in [0.3, 0.4) is 0 Å².